The van der Waals surface area contributed by atoms with Crippen molar-refractivity contribution >= 4 is 5.97 Å². The average Bonchev–Trinajstić information content (AvgIpc) is 3.07. The van der Waals surface area contributed by atoms with Gasteiger partial charge in [-0.05, 0) is 37.5 Å². The van der Waals surface area contributed by atoms with E-state index >= 15 is 0 Å². The Kier molecular flexibility index (Phi) is 1.82. The fourth-order valence-electron chi connectivity index (χ4n) is 4.77. The molecule has 0 saturated heterocycles. The zero-order valence-corrected chi connectivity index (χ0v) is 11.1. The van der Waals surface area contributed by atoms with Crippen LogP contribution in [0, 0.1) is 23.2 Å². The van der Waals surface area contributed by atoms with Gasteiger partial charge in [0.25, 0.3) is 5.79 Å². The van der Waals surface area contributed by atoms with Gasteiger partial charge in [-0.1, -0.05) is 19.1 Å². The summed E-state index contributed by atoms with van der Waals surface area (Å²) in [5.41, 5.74) is 1.74. The lowest BCUT2D eigenvalue weighted by molar-refractivity contribution is -0.256. The van der Waals surface area contributed by atoms with Crippen molar-refractivity contribution in [2.75, 3.05) is 0 Å². The first-order valence-electron chi connectivity index (χ1n) is 6.84. The van der Waals surface area contributed by atoms with Crippen LogP contribution in [0.5, 0.6) is 0 Å². The number of allylic oxidation sites excluding steroid dienone is 1. The highest BCUT2D eigenvalue weighted by molar-refractivity contribution is 5.92. The van der Waals surface area contributed by atoms with E-state index in [-0.39, 0.29) is 5.92 Å². The van der Waals surface area contributed by atoms with E-state index < -0.39 is 23.3 Å². The second kappa shape index (κ2) is 2.96. The van der Waals surface area contributed by atoms with E-state index in [1.807, 2.05) is 6.92 Å². The third-order valence-corrected chi connectivity index (χ3v) is 6.07. The van der Waals surface area contributed by atoms with Crippen LogP contribution in [0.15, 0.2) is 23.3 Å². The van der Waals surface area contributed by atoms with Crippen LogP contribution >= 0.6 is 0 Å². The average molecular weight is 262 g/mol. The molecular formula is C15H18O4. The van der Waals surface area contributed by atoms with E-state index in [0.717, 1.165) is 6.42 Å². The van der Waals surface area contributed by atoms with Crippen LogP contribution in [0.1, 0.15) is 26.7 Å². The summed E-state index contributed by atoms with van der Waals surface area (Å²) in [5.74, 6) is -1.35. The Morgan fingerprint density at radius 3 is 2.84 bits per heavy atom. The van der Waals surface area contributed by atoms with Crippen molar-refractivity contribution in [2.45, 2.75) is 38.6 Å². The number of fused-ring (bicyclic) bond motifs is 4. The summed E-state index contributed by atoms with van der Waals surface area (Å²) in [6, 6.07) is 0. The number of ether oxygens (including phenoxy) is 1. The molecule has 1 unspecified atom stereocenters. The SMILES string of the molecule is C=C1[C@H]2C[C@H]2[C@]2(C)[C@H](O)C3(O)OC(=O)C(C)=C3C[C@@H]12. The summed E-state index contributed by atoms with van der Waals surface area (Å²) in [4.78, 5) is 11.7. The summed E-state index contributed by atoms with van der Waals surface area (Å²) >= 11 is 0. The quantitative estimate of drug-likeness (QED) is 0.507. The molecule has 0 amide bonds. The lowest BCUT2D eigenvalue weighted by atomic mass is 9.60. The molecule has 0 bridgehead atoms. The highest BCUT2D eigenvalue weighted by Gasteiger charge is 2.73. The fourth-order valence-corrected chi connectivity index (χ4v) is 4.77. The first-order chi connectivity index (χ1) is 8.81. The van der Waals surface area contributed by atoms with Crippen molar-refractivity contribution in [3.05, 3.63) is 23.3 Å². The molecule has 1 aliphatic heterocycles. The molecule has 4 nitrogen and oxygen atoms in total. The molecule has 3 aliphatic carbocycles. The Labute approximate surface area is 111 Å². The minimum absolute atomic E-state index is 0.144. The van der Waals surface area contributed by atoms with E-state index in [9.17, 15) is 15.0 Å². The number of aliphatic hydroxyl groups excluding tert-OH is 1. The van der Waals surface area contributed by atoms with Crippen LogP contribution in [-0.2, 0) is 9.53 Å². The maximum atomic E-state index is 11.7. The van der Waals surface area contributed by atoms with Gasteiger partial charge in [-0.15, -0.1) is 0 Å². The molecular weight excluding hydrogens is 244 g/mol. The molecule has 3 saturated carbocycles. The van der Waals surface area contributed by atoms with Gasteiger partial charge in [-0.25, -0.2) is 4.79 Å². The Morgan fingerprint density at radius 2 is 2.16 bits per heavy atom. The van der Waals surface area contributed by atoms with Gasteiger partial charge in [0.2, 0.25) is 0 Å². The van der Waals surface area contributed by atoms with Gasteiger partial charge in [-0.3, -0.25) is 0 Å². The molecule has 2 N–H and O–H groups in total. The van der Waals surface area contributed by atoms with Gasteiger partial charge in [0.1, 0.15) is 6.10 Å². The molecule has 19 heavy (non-hydrogen) atoms. The fraction of sp³-hybridized carbons (Fsp3) is 0.667. The van der Waals surface area contributed by atoms with E-state index in [4.69, 9.17) is 4.74 Å². The van der Waals surface area contributed by atoms with E-state index in [1.54, 1.807) is 6.92 Å². The van der Waals surface area contributed by atoms with Gasteiger partial charge < -0.3 is 14.9 Å². The summed E-state index contributed by atoms with van der Waals surface area (Å²) in [6.07, 6.45) is 0.544. The molecule has 0 radical (unpaired) electrons. The number of rotatable bonds is 0. The Morgan fingerprint density at radius 1 is 1.47 bits per heavy atom. The first-order valence-corrected chi connectivity index (χ1v) is 6.84. The van der Waals surface area contributed by atoms with Crippen molar-refractivity contribution in [3.63, 3.8) is 0 Å². The van der Waals surface area contributed by atoms with Crippen molar-refractivity contribution in [2.24, 2.45) is 23.2 Å². The zero-order chi connectivity index (χ0) is 13.7. The first kappa shape index (κ1) is 11.7. The third kappa shape index (κ3) is 1.04. The Hall–Kier alpha value is -1.13. The summed E-state index contributed by atoms with van der Waals surface area (Å²) < 4.78 is 5.12. The zero-order valence-electron chi connectivity index (χ0n) is 11.1. The number of aliphatic hydroxyl groups is 2. The van der Waals surface area contributed by atoms with Crippen LogP contribution in [0.2, 0.25) is 0 Å². The number of esters is 1. The molecule has 4 heteroatoms. The van der Waals surface area contributed by atoms with E-state index in [0.29, 0.717) is 29.4 Å². The molecule has 0 aromatic carbocycles. The second-order valence-corrected chi connectivity index (χ2v) is 6.74. The topological polar surface area (TPSA) is 66.8 Å². The molecule has 0 spiro atoms. The molecule has 1 heterocycles. The van der Waals surface area contributed by atoms with Crippen LogP contribution in [0.4, 0.5) is 0 Å². The van der Waals surface area contributed by atoms with Gasteiger partial charge in [0.15, 0.2) is 0 Å². The summed E-state index contributed by atoms with van der Waals surface area (Å²) in [5, 5.41) is 21.4. The molecule has 102 valence electrons. The third-order valence-electron chi connectivity index (χ3n) is 6.07. The Bertz CT molecular complexity index is 562. The maximum absolute atomic E-state index is 11.7. The molecule has 4 aliphatic rings. The smallest absolute Gasteiger partial charge is 0.336 e. The lowest BCUT2D eigenvalue weighted by Gasteiger charge is -2.49. The van der Waals surface area contributed by atoms with Gasteiger partial charge in [0.05, 0.1) is 0 Å². The van der Waals surface area contributed by atoms with Gasteiger partial charge in [0, 0.05) is 16.6 Å². The highest BCUT2D eigenvalue weighted by Crippen LogP contribution is 2.73. The van der Waals surface area contributed by atoms with Gasteiger partial charge in [-0.2, -0.15) is 0 Å². The molecule has 0 aromatic rings. The van der Waals surface area contributed by atoms with Crippen molar-refractivity contribution in [1.82, 2.24) is 0 Å². The number of hydrogen-bond donors (Lipinski definition) is 2. The minimum atomic E-state index is -1.82. The van der Waals surface area contributed by atoms with Crippen LogP contribution in [-0.4, -0.2) is 28.1 Å². The normalized spacial score (nSPS) is 54.7. The largest absolute Gasteiger partial charge is 0.423 e. The number of carbonyl (C=O) groups is 1. The lowest BCUT2D eigenvalue weighted by Crippen LogP contribution is -2.59. The molecule has 0 aromatic heterocycles. The van der Waals surface area contributed by atoms with E-state index in [2.05, 4.69) is 6.58 Å². The van der Waals surface area contributed by atoms with Crippen LogP contribution < -0.4 is 0 Å². The van der Waals surface area contributed by atoms with Gasteiger partial charge >= 0.3 is 5.97 Å². The minimum Gasteiger partial charge on any atom is -0.423 e. The maximum Gasteiger partial charge on any atom is 0.336 e. The number of carbonyl (C=O) groups excluding carboxylic acids is 1. The summed E-state index contributed by atoms with van der Waals surface area (Å²) in [7, 11) is 0. The summed E-state index contributed by atoms with van der Waals surface area (Å²) in [6.45, 7) is 7.84. The molecule has 3 fully saturated rings. The number of hydrogen-bond acceptors (Lipinski definition) is 4. The standard InChI is InChI=1S/C15H18O4/c1-6-8-4-11(8)14(3)9(6)5-10-7(2)12(16)19-15(10,18)13(14)17/h8-9,11,13,17-18H,1,4-5H2,2-3H3/t8-,9+,11-,13+,14-,15?/m1/s1. The molecule has 4 rings (SSSR count). The van der Waals surface area contributed by atoms with Crippen molar-refractivity contribution < 1.29 is 19.7 Å². The van der Waals surface area contributed by atoms with E-state index in [1.165, 1.54) is 5.57 Å². The Balaban J connectivity index is 1.88. The van der Waals surface area contributed by atoms with Crippen LogP contribution in [0.25, 0.3) is 0 Å². The van der Waals surface area contributed by atoms with Crippen LogP contribution in [0.3, 0.4) is 0 Å². The van der Waals surface area contributed by atoms with Crippen molar-refractivity contribution in [1.29, 1.82) is 0 Å². The predicted molar refractivity (Wildman–Crippen MR) is 66.7 cm³/mol. The molecule has 6 atom stereocenters. The monoisotopic (exact) mass is 262 g/mol. The highest BCUT2D eigenvalue weighted by atomic mass is 16.7. The predicted octanol–water partition coefficient (Wildman–Crippen LogP) is 1.14. The van der Waals surface area contributed by atoms with Crippen molar-refractivity contribution in [3.8, 4) is 0 Å². The second-order valence-electron chi connectivity index (χ2n) is 6.74.